The number of ether oxygens (including phenoxy) is 1. The largest absolute Gasteiger partial charge is 0.471 e. The highest BCUT2D eigenvalue weighted by molar-refractivity contribution is 6.07. The minimum atomic E-state index is -0.0735. The molecule has 1 saturated heterocycles. The van der Waals surface area contributed by atoms with Crippen molar-refractivity contribution in [1.29, 1.82) is 0 Å². The summed E-state index contributed by atoms with van der Waals surface area (Å²) in [4.78, 5) is 25.4. The van der Waals surface area contributed by atoms with Crippen LogP contribution >= 0.6 is 0 Å². The van der Waals surface area contributed by atoms with Crippen molar-refractivity contribution in [1.82, 2.24) is 14.9 Å². The first kappa shape index (κ1) is 17.3. The van der Waals surface area contributed by atoms with Crippen LogP contribution in [0.1, 0.15) is 16.8 Å². The van der Waals surface area contributed by atoms with Gasteiger partial charge in [0.2, 0.25) is 5.88 Å². The van der Waals surface area contributed by atoms with Crippen molar-refractivity contribution in [2.75, 3.05) is 32.1 Å². The van der Waals surface area contributed by atoms with Crippen LogP contribution in [0.4, 0.5) is 5.82 Å². The van der Waals surface area contributed by atoms with Gasteiger partial charge in [0, 0.05) is 32.6 Å². The van der Waals surface area contributed by atoms with E-state index in [0.29, 0.717) is 19.0 Å². The van der Waals surface area contributed by atoms with E-state index < -0.39 is 0 Å². The Balaban J connectivity index is 1.48. The van der Waals surface area contributed by atoms with Crippen LogP contribution < -0.4 is 9.64 Å². The summed E-state index contributed by atoms with van der Waals surface area (Å²) in [5, 5.41) is 2.06. The summed E-state index contributed by atoms with van der Waals surface area (Å²) in [6.45, 7) is 1.23. The Morgan fingerprint density at radius 3 is 2.81 bits per heavy atom. The van der Waals surface area contributed by atoms with E-state index >= 15 is 0 Å². The quantitative estimate of drug-likeness (QED) is 0.714. The van der Waals surface area contributed by atoms with Crippen molar-refractivity contribution < 1.29 is 9.53 Å². The van der Waals surface area contributed by atoms with Crippen LogP contribution in [0.3, 0.4) is 0 Å². The Hall–Kier alpha value is -3.15. The molecule has 27 heavy (non-hydrogen) atoms. The van der Waals surface area contributed by atoms with E-state index in [1.54, 1.807) is 12.4 Å². The molecule has 0 radical (unpaired) electrons. The fourth-order valence-corrected chi connectivity index (χ4v) is 3.37. The molecule has 1 aromatic heterocycles. The smallest absolute Gasteiger partial charge is 0.254 e. The normalized spacial score (nSPS) is 16.5. The summed E-state index contributed by atoms with van der Waals surface area (Å²) in [5.41, 5.74) is 0.739. The average molecular weight is 362 g/mol. The number of hydrogen-bond donors (Lipinski definition) is 0. The lowest BCUT2D eigenvalue weighted by molar-refractivity contribution is 0.0773. The highest BCUT2D eigenvalue weighted by atomic mass is 16.5. The maximum Gasteiger partial charge on any atom is 0.254 e. The molecule has 1 aliphatic heterocycles. The predicted molar refractivity (Wildman–Crippen MR) is 105 cm³/mol. The molecule has 4 rings (SSSR count). The fraction of sp³-hybridized carbons (Fsp3) is 0.286. The second-order valence-electron chi connectivity index (χ2n) is 6.92. The van der Waals surface area contributed by atoms with Gasteiger partial charge in [-0.05, 0) is 16.8 Å². The third-order valence-electron chi connectivity index (χ3n) is 4.80. The predicted octanol–water partition coefficient (Wildman–Crippen LogP) is 2.99. The van der Waals surface area contributed by atoms with Gasteiger partial charge in [0.25, 0.3) is 5.91 Å². The van der Waals surface area contributed by atoms with E-state index in [9.17, 15) is 4.79 Å². The van der Waals surface area contributed by atoms with E-state index in [4.69, 9.17) is 4.74 Å². The van der Waals surface area contributed by atoms with Gasteiger partial charge in [0.1, 0.15) is 6.10 Å². The highest BCUT2D eigenvalue weighted by Gasteiger charge is 2.29. The minimum absolute atomic E-state index is 0.0472. The van der Waals surface area contributed by atoms with Gasteiger partial charge in [-0.1, -0.05) is 36.4 Å². The number of rotatable bonds is 4. The van der Waals surface area contributed by atoms with Crippen LogP contribution in [-0.2, 0) is 0 Å². The van der Waals surface area contributed by atoms with Gasteiger partial charge in [-0.2, -0.15) is 4.98 Å². The number of carbonyl (C=O) groups is 1. The van der Waals surface area contributed by atoms with Gasteiger partial charge in [-0.3, -0.25) is 9.78 Å². The lowest BCUT2D eigenvalue weighted by Gasteiger charge is -2.18. The van der Waals surface area contributed by atoms with E-state index in [0.717, 1.165) is 28.6 Å². The molecule has 0 bridgehead atoms. The van der Waals surface area contributed by atoms with Crippen molar-refractivity contribution in [2.45, 2.75) is 12.5 Å². The number of fused-ring (bicyclic) bond motifs is 1. The molecular weight excluding hydrogens is 340 g/mol. The molecule has 0 aliphatic carbocycles. The molecule has 0 N–H and O–H groups in total. The second-order valence-corrected chi connectivity index (χ2v) is 6.92. The Morgan fingerprint density at radius 2 is 1.96 bits per heavy atom. The average Bonchev–Trinajstić information content (AvgIpc) is 3.15. The van der Waals surface area contributed by atoms with Gasteiger partial charge >= 0.3 is 0 Å². The number of hydrogen-bond acceptors (Lipinski definition) is 5. The number of likely N-dealkylation sites (tertiary alicyclic amines) is 1. The van der Waals surface area contributed by atoms with Crippen LogP contribution in [-0.4, -0.2) is 54.1 Å². The lowest BCUT2D eigenvalue weighted by atomic mass is 10.0. The van der Waals surface area contributed by atoms with E-state index in [1.807, 2.05) is 66.4 Å². The molecule has 1 amide bonds. The summed E-state index contributed by atoms with van der Waals surface area (Å²) in [6, 6.07) is 13.8. The summed E-state index contributed by atoms with van der Waals surface area (Å²) in [6.07, 6.45) is 4.01. The third kappa shape index (κ3) is 3.56. The SMILES string of the molecule is CN(C)c1cncc(OC2CCN(C(=O)c3cccc4ccccc34)C2)n1. The molecule has 3 aromatic rings. The van der Waals surface area contributed by atoms with Crippen molar-refractivity contribution >= 4 is 22.5 Å². The Morgan fingerprint density at radius 1 is 1.15 bits per heavy atom. The maximum absolute atomic E-state index is 13.0. The Kier molecular flexibility index (Phi) is 4.62. The van der Waals surface area contributed by atoms with Gasteiger partial charge < -0.3 is 14.5 Å². The number of aromatic nitrogens is 2. The molecule has 138 valence electrons. The molecule has 6 nitrogen and oxygen atoms in total. The number of benzene rings is 2. The number of carbonyl (C=O) groups excluding carboxylic acids is 1. The van der Waals surface area contributed by atoms with Crippen molar-refractivity contribution in [2.24, 2.45) is 0 Å². The first-order valence-electron chi connectivity index (χ1n) is 9.05. The van der Waals surface area contributed by atoms with Crippen molar-refractivity contribution in [3.8, 4) is 5.88 Å². The van der Waals surface area contributed by atoms with Gasteiger partial charge in [0.05, 0.1) is 18.9 Å². The topological polar surface area (TPSA) is 58.6 Å². The van der Waals surface area contributed by atoms with E-state index in [2.05, 4.69) is 9.97 Å². The molecule has 2 heterocycles. The molecule has 2 aromatic carbocycles. The number of amides is 1. The van der Waals surface area contributed by atoms with E-state index in [-0.39, 0.29) is 12.0 Å². The van der Waals surface area contributed by atoms with Gasteiger partial charge in [-0.25, -0.2) is 0 Å². The minimum Gasteiger partial charge on any atom is -0.471 e. The van der Waals surface area contributed by atoms with Crippen molar-refractivity contribution in [3.05, 3.63) is 60.4 Å². The summed E-state index contributed by atoms with van der Waals surface area (Å²) < 4.78 is 5.98. The van der Waals surface area contributed by atoms with E-state index in [1.165, 1.54) is 0 Å². The Labute approximate surface area is 158 Å². The fourth-order valence-electron chi connectivity index (χ4n) is 3.37. The zero-order chi connectivity index (χ0) is 18.8. The molecular formula is C21H22N4O2. The summed E-state index contributed by atoms with van der Waals surface area (Å²) in [7, 11) is 3.82. The highest BCUT2D eigenvalue weighted by Crippen LogP contribution is 2.23. The summed E-state index contributed by atoms with van der Waals surface area (Å²) >= 11 is 0. The Bertz CT molecular complexity index is 968. The van der Waals surface area contributed by atoms with Gasteiger partial charge in [-0.15, -0.1) is 0 Å². The van der Waals surface area contributed by atoms with Crippen molar-refractivity contribution in [3.63, 3.8) is 0 Å². The molecule has 1 fully saturated rings. The van der Waals surface area contributed by atoms with Crippen LogP contribution in [0.5, 0.6) is 5.88 Å². The maximum atomic E-state index is 13.0. The molecule has 1 unspecified atom stereocenters. The molecule has 0 spiro atoms. The first-order chi connectivity index (χ1) is 13.1. The lowest BCUT2D eigenvalue weighted by Crippen LogP contribution is -2.31. The number of nitrogens with zero attached hydrogens (tertiary/aromatic N) is 4. The zero-order valence-electron chi connectivity index (χ0n) is 15.5. The first-order valence-corrected chi connectivity index (χ1v) is 9.05. The molecule has 1 aliphatic rings. The zero-order valence-corrected chi connectivity index (χ0v) is 15.5. The second kappa shape index (κ2) is 7.23. The third-order valence-corrected chi connectivity index (χ3v) is 4.80. The molecule has 6 heteroatoms. The van der Waals surface area contributed by atoms with Crippen LogP contribution in [0, 0.1) is 0 Å². The van der Waals surface area contributed by atoms with Gasteiger partial charge in [0.15, 0.2) is 5.82 Å². The number of anilines is 1. The molecule has 0 saturated carbocycles. The monoisotopic (exact) mass is 362 g/mol. The van der Waals surface area contributed by atoms with Crippen LogP contribution in [0.15, 0.2) is 54.9 Å². The van der Waals surface area contributed by atoms with Crippen LogP contribution in [0.25, 0.3) is 10.8 Å². The summed E-state index contributed by atoms with van der Waals surface area (Å²) in [5.74, 6) is 1.28. The molecule has 1 atom stereocenters. The van der Waals surface area contributed by atoms with Crippen LogP contribution in [0.2, 0.25) is 0 Å². The standard InChI is InChI=1S/C21H22N4O2/c1-24(2)19-12-22-13-20(23-19)27-16-10-11-25(14-16)21(26)18-9-5-7-15-6-3-4-8-17(15)18/h3-9,12-13,16H,10-11,14H2,1-2H3.